The van der Waals surface area contributed by atoms with Crippen LogP contribution in [0.25, 0.3) is 0 Å². The van der Waals surface area contributed by atoms with Crippen LogP contribution in [0.5, 0.6) is 0 Å². The van der Waals surface area contributed by atoms with E-state index in [1.807, 2.05) is 24.8 Å². The van der Waals surface area contributed by atoms with Crippen LogP contribution in [0.15, 0.2) is 18.2 Å². The van der Waals surface area contributed by atoms with Crippen LogP contribution >= 0.6 is 0 Å². The Morgan fingerprint density at radius 1 is 1.56 bits per heavy atom. The highest BCUT2D eigenvalue weighted by Crippen LogP contribution is 2.21. The summed E-state index contributed by atoms with van der Waals surface area (Å²) in [4.78, 5) is 12.8. The zero-order valence-electron chi connectivity index (χ0n) is 9.93. The molecule has 0 saturated heterocycles. The number of ether oxygens (including phenoxy) is 1. The van der Waals surface area contributed by atoms with Gasteiger partial charge in [0.2, 0.25) is 0 Å². The van der Waals surface area contributed by atoms with Crippen LogP contribution in [0.1, 0.15) is 24.2 Å². The van der Waals surface area contributed by atoms with Crippen LogP contribution in [0.4, 0.5) is 11.4 Å². The van der Waals surface area contributed by atoms with Crippen LogP contribution in [-0.2, 0) is 4.74 Å². The fraction of sp³-hybridized carbons (Fsp3) is 0.417. The molecular formula is C12H18N2O2. The van der Waals surface area contributed by atoms with Crippen LogP contribution in [0, 0.1) is 0 Å². The lowest BCUT2D eigenvalue weighted by atomic mass is 10.1. The first kappa shape index (κ1) is 12.5. The second kappa shape index (κ2) is 5.51. The molecule has 0 aliphatic carbocycles. The molecule has 0 spiro atoms. The number of methoxy groups -OCH3 is 1. The van der Waals surface area contributed by atoms with E-state index in [0.717, 1.165) is 18.5 Å². The Balaban J connectivity index is 3.06. The van der Waals surface area contributed by atoms with Crippen LogP contribution < -0.4 is 10.6 Å². The van der Waals surface area contributed by atoms with Crippen molar-refractivity contribution < 1.29 is 9.53 Å². The highest BCUT2D eigenvalue weighted by molar-refractivity contribution is 5.85. The van der Waals surface area contributed by atoms with Gasteiger partial charge in [0, 0.05) is 30.6 Å². The summed E-state index contributed by atoms with van der Waals surface area (Å²) >= 11 is 0. The van der Waals surface area contributed by atoms with Crippen molar-refractivity contribution in [3.8, 4) is 0 Å². The van der Waals surface area contributed by atoms with E-state index >= 15 is 0 Å². The SMILES string of the molecule is CCN(c1ccc(N)c(C=O)c1)C(C)OC. The van der Waals surface area contributed by atoms with Crippen molar-refractivity contribution in [3.63, 3.8) is 0 Å². The number of benzene rings is 1. The standard InChI is InChI=1S/C12H18N2O2/c1-4-14(9(2)16-3)11-5-6-12(13)10(7-11)8-15/h5-9H,4,13H2,1-3H3. The number of hydrogen-bond acceptors (Lipinski definition) is 4. The average Bonchev–Trinajstić information content (AvgIpc) is 2.31. The Labute approximate surface area is 96.0 Å². The maximum absolute atomic E-state index is 10.8. The van der Waals surface area contributed by atoms with Crippen molar-refractivity contribution in [1.29, 1.82) is 0 Å². The molecule has 0 aromatic heterocycles. The molecule has 0 bridgehead atoms. The molecule has 0 fully saturated rings. The summed E-state index contributed by atoms with van der Waals surface area (Å²) in [7, 11) is 1.66. The zero-order chi connectivity index (χ0) is 12.1. The van der Waals surface area contributed by atoms with Crippen molar-refractivity contribution in [1.82, 2.24) is 0 Å². The van der Waals surface area contributed by atoms with Gasteiger partial charge < -0.3 is 15.4 Å². The summed E-state index contributed by atoms with van der Waals surface area (Å²) in [6, 6.07) is 5.41. The average molecular weight is 222 g/mol. The molecule has 1 atom stereocenters. The quantitative estimate of drug-likeness (QED) is 0.469. The molecular weight excluding hydrogens is 204 g/mol. The van der Waals surface area contributed by atoms with Gasteiger partial charge in [-0.05, 0) is 32.0 Å². The van der Waals surface area contributed by atoms with E-state index in [2.05, 4.69) is 0 Å². The van der Waals surface area contributed by atoms with Gasteiger partial charge in [-0.2, -0.15) is 0 Å². The topological polar surface area (TPSA) is 55.6 Å². The molecule has 1 rings (SSSR count). The Morgan fingerprint density at radius 3 is 2.75 bits per heavy atom. The molecule has 4 nitrogen and oxygen atoms in total. The number of nitrogens with zero attached hydrogens (tertiary/aromatic N) is 1. The van der Waals surface area contributed by atoms with Crippen molar-refractivity contribution in [2.24, 2.45) is 0 Å². The second-order valence-corrected chi connectivity index (χ2v) is 3.55. The van der Waals surface area contributed by atoms with E-state index in [-0.39, 0.29) is 6.23 Å². The van der Waals surface area contributed by atoms with Crippen molar-refractivity contribution in [2.45, 2.75) is 20.1 Å². The molecule has 1 unspecified atom stereocenters. The Bertz CT molecular complexity index is 366. The highest BCUT2D eigenvalue weighted by atomic mass is 16.5. The van der Waals surface area contributed by atoms with Gasteiger partial charge in [0.25, 0.3) is 0 Å². The lowest BCUT2D eigenvalue weighted by Crippen LogP contribution is -2.34. The van der Waals surface area contributed by atoms with Gasteiger partial charge in [0.15, 0.2) is 6.29 Å². The van der Waals surface area contributed by atoms with Crippen molar-refractivity contribution in [2.75, 3.05) is 24.3 Å². The molecule has 0 aliphatic heterocycles. The van der Waals surface area contributed by atoms with Gasteiger partial charge in [0.05, 0.1) is 0 Å². The van der Waals surface area contributed by atoms with Gasteiger partial charge >= 0.3 is 0 Å². The molecule has 16 heavy (non-hydrogen) atoms. The molecule has 1 aromatic rings. The summed E-state index contributed by atoms with van der Waals surface area (Å²) < 4.78 is 5.27. The lowest BCUT2D eigenvalue weighted by Gasteiger charge is -2.29. The van der Waals surface area contributed by atoms with Gasteiger partial charge in [-0.25, -0.2) is 0 Å². The molecule has 0 amide bonds. The van der Waals surface area contributed by atoms with Crippen LogP contribution in [-0.4, -0.2) is 26.2 Å². The minimum atomic E-state index is -0.0341. The minimum Gasteiger partial charge on any atom is -0.398 e. The molecule has 0 radical (unpaired) electrons. The summed E-state index contributed by atoms with van der Waals surface area (Å²) in [6.45, 7) is 4.80. The molecule has 0 heterocycles. The maximum Gasteiger partial charge on any atom is 0.152 e. The van der Waals surface area contributed by atoms with Crippen molar-refractivity contribution >= 4 is 17.7 Å². The van der Waals surface area contributed by atoms with E-state index in [1.54, 1.807) is 19.2 Å². The third-order valence-electron chi connectivity index (χ3n) is 2.65. The molecule has 0 saturated carbocycles. The number of aldehydes is 1. The summed E-state index contributed by atoms with van der Waals surface area (Å²) in [6.07, 6.45) is 0.734. The summed E-state index contributed by atoms with van der Waals surface area (Å²) in [5, 5.41) is 0. The first-order valence-electron chi connectivity index (χ1n) is 5.28. The van der Waals surface area contributed by atoms with E-state index in [0.29, 0.717) is 11.3 Å². The highest BCUT2D eigenvalue weighted by Gasteiger charge is 2.12. The summed E-state index contributed by atoms with van der Waals surface area (Å²) in [5.41, 5.74) is 7.62. The number of nitrogens with two attached hydrogens (primary N) is 1. The Morgan fingerprint density at radius 2 is 2.25 bits per heavy atom. The predicted octanol–water partition coefficient (Wildman–Crippen LogP) is 1.90. The minimum absolute atomic E-state index is 0.0341. The Hall–Kier alpha value is -1.55. The van der Waals surface area contributed by atoms with E-state index in [9.17, 15) is 4.79 Å². The van der Waals surface area contributed by atoms with Crippen LogP contribution in [0.2, 0.25) is 0 Å². The number of anilines is 2. The first-order valence-corrected chi connectivity index (χ1v) is 5.28. The molecule has 88 valence electrons. The third-order valence-corrected chi connectivity index (χ3v) is 2.65. The lowest BCUT2D eigenvalue weighted by molar-refractivity contribution is 0.112. The molecule has 2 N–H and O–H groups in total. The normalized spacial score (nSPS) is 12.2. The number of hydrogen-bond donors (Lipinski definition) is 1. The van der Waals surface area contributed by atoms with E-state index in [1.165, 1.54) is 0 Å². The van der Waals surface area contributed by atoms with Gasteiger partial charge in [-0.15, -0.1) is 0 Å². The largest absolute Gasteiger partial charge is 0.398 e. The fourth-order valence-electron chi connectivity index (χ4n) is 1.62. The first-order chi connectivity index (χ1) is 7.63. The summed E-state index contributed by atoms with van der Waals surface area (Å²) in [5.74, 6) is 0. The Kier molecular flexibility index (Phi) is 4.31. The van der Waals surface area contributed by atoms with Crippen molar-refractivity contribution in [3.05, 3.63) is 23.8 Å². The van der Waals surface area contributed by atoms with Crippen LogP contribution in [0.3, 0.4) is 0 Å². The number of nitrogen functional groups attached to an aromatic ring is 1. The zero-order valence-corrected chi connectivity index (χ0v) is 9.93. The van der Waals surface area contributed by atoms with Gasteiger partial charge in [-0.3, -0.25) is 4.79 Å². The molecule has 0 aliphatic rings. The van der Waals surface area contributed by atoms with Gasteiger partial charge in [-0.1, -0.05) is 0 Å². The third kappa shape index (κ3) is 2.52. The van der Waals surface area contributed by atoms with E-state index in [4.69, 9.17) is 10.5 Å². The van der Waals surface area contributed by atoms with E-state index < -0.39 is 0 Å². The maximum atomic E-state index is 10.8. The number of rotatable bonds is 5. The monoisotopic (exact) mass is 222 g/mol. The van der Waals surface area contributed by atoms with Gasteiger partial charge in [0.1, 0.15) is 6.23 Å². The second-order valence-electron chi connectivity index (χ2n) is 3.55. The molecule has 1 aromatic carbocycles. The molecule has 4 heteroatoms. The number of carbonyl (C=O) groups excluding carboxylic acids is 1. The number of carbonyl (C=O) groups is 1. The predicted molar refractivity (Wildman–Crippen MR) is 65.7 cm³/mol. The smallest absolute Gasteiger partial charge is 0.152 e. The fourth-order valence-corrected chi connectivity index (χ4v) is 1.62.